The number of carbonyl (C=O) groups excluding carboxylic acids is 2. The molecule has 0 bridgehead atoms. The lowest BCUT2D eigenvalue weighted by molar-refractivity contribution is -0.126. The van der Waals surface area contributed by atoms with Gasteiger partial charge >= 0.3 is 0 Å². The predicted molar refractivity (Wildman–Crippen MR) is 85.7 cm³/mol. The molecule has 0 spiro atoms. The van der Waals surface area contributed by atoms with Gasteiger partial charge < -0.3 is 16.0 Å². The number of nitrogens with two attached hydrogens (primary N) is 1. The summed E-state index contributed by atoms with van der Waals surface area (Å²) in [4.78, 5) is 25.9. The zero-order valence-corrected chi connectivity index (χ0v) is 13.7. The van der Waals surface area contributed by atoms with E-state index in [-0.39, 0.29) is 5.91 Å². The molecule has 1 aliphatic rings. The summed E-state index contributed by atoms with van der Waals surface area (Å²) in [5.74, 6) is -3.42. The molecule has 1 saturated heterocycles. The molecule has 5 nitrogen and oxygen atoms in total. The van der Waals surface area contributed by atoms with Gasteiger partial charge in [-0.25, -0.2) is 8.78 Å². The number of halogens is 3. The zero-order chi connectivity index (χ0) is 17.0. The van der Waals surface area contributed by atoms with Crippen molar-refractivity contribution >= 4 is 35.2 Å². The molecule has 2 amide bonds. The first kappa shape index (κ1) is 18.0. The lowest BCUT2D eigenvalue weighted by Gasteiger charge is -2.24. The van der Waals surface area contributed by atoms with Crippen LogP contribution in [-0.4, -0.2) is 53.4 Å². The van der Waals surface area contributed by atoms with E-state index >= 15 is 0 Å². The molecule has 1 aromatic carbocycles. The molecule has 2 rings (SSSR count). The predicted octanol–water partition coefficient (Wildman–Crippen LogP) is 1.57. The fourth-order valence-electron chi connectivity index (χ4n) is 2.02. The van der Waals surface area contributed by atoms with Gasteiger partial charge in [0.25, 0.3) is 11.8 Å². The van der Waals surface area contributed by atoms with Gasteiger partial charge in [0.1, 0.15) is 6.04 Å². The first-order chi connectivity index (χ1) is 10.8. The second-order valence-electron chi connectivity index (χ2n) is 5.08. The summed E-state index contributed by atoms with van der Waals surface area (Å²) in [5, 5.41) is 2.66. The number of nitrogens with one attached hydrogen (secondary N) is 1. The first-order valence-corrected chi connectivity index (χ1v) is 8.37. The average molecular weight is 364 g/mol. The van der Waals surface area contributed by atoms with Crippen LogP contribution >= 0.6 is 23.4 Å². The number of thioether (sulfide) groups is 1. The monoisotopic (exact) mass is 363 g/mol. The number of carbonyl (C=O) groups is 2. The molecule has 126 valence electrons. The number of hydrogen-bond acceptors (Lipinski definition) is 4. The minimum absolute atomic E-state index is 0.326. The number of nitrogens with zero attached hydrogens (tertiary/aromatic N) is 1. The smallest absolute Gasteiger partial charge is 0.277 e. The summed E-state index contributed by atoms with van der Waals surface area (Å²) in [6.45, 7) is -1.69. The topological polar surface area (TPSA) is 75.4 Å². The van der Waals surface area contributed by atoms with E-state index in [4.69, 9.17) is 17.3 Å². The molecule has 3 N–H and O–H groups in total. The van der Waals surface area contributed by atoms with Crippen LogP contribution in [0.25, 0.3) is 0 Å². The molecule has 9 heteroatoms. The fraction of sp³-hybridized carbons (Fsp3) is 0.429. The second kappa shape index (κ2) is 7.46. The van der Waals surface area contributed by atoms with Crippen LogP contribution in [0.1, 0.15) is 10.4 Å². The van der Waals surface area contributed by atoms with Crippen molar-refractivity contribution in [2.75, 3.05) is 24.7 Å². The highest BCUT2D eigenvalue weighted by Crippen LogP contribution is 2.24. The van der Waals surface area contributed by atoms with Crippen LogP contribution in [0.4, 0.5) is 8.78 Å². The van der Waals surface area contributed by atoms with Gasteiger partial charge in [0.2, 0.25) is 5.91 Å². The molecular formula is C14H16ClF2N3O2S. The summed E-state index contributed by atoms with van der Waals surface area (Å²) in [6.07, 6.45) is 0. The molecule has 1 unspecified atom stereocenters. The third-order valence-corrected chi connectivity index (χ3v) is 4.62. The summed E-state index contributed by atoms with van der Waals surface area (Å²) in [6, 6.07) is 5.50. The SMILES string of the molecule is NCC(F)(F)CNC(=O)C1CSCN1C(=O)c1ccc(Cl)cc1. The lowest BCUT2D eigenvalue weighted by Crippen LogP contribution is -2.50. The third kappa shape index (κ3) is 4.55. The summed E-state index contributed by atoms with van der Waals surface area (Å²) >= 11 is 7.17. The van der Waals surface area contributed by atoms with E-state index < -0.39 is 31.0 Å². The summed E-state index contributed by atoms with van der Waals surface area (Å²) < 4.78 is 26.2. The third-order valence-electron chi connectivity index (χ3n) is 3.36. The molecule has 1 heterocycles. The minimum atomic E-state index is -3.16. The maximum absolute atomic E-state index is 13.1. The van der Waals surface area contributed by atoms with E-state index in [9.17, 15) is 18.4 Å². The summed E-state index contributed by atoms with van der Waals surface area (Å²) in [5.41, 5.74) is 5.32. The van der Waals surface area contributed by atoms with Gasteiger partial charge in [-0.3, -0.25) is 9.59 Å². The molecule has 0 saturated carbocycles. The molecule has 0 radical (unpaired) electrons. The number of hydrogen-bond donors (Lipinski definition) is 2. The standard InChI is InChI=1S/C14H16ClF2N3O2S/c15-10-3-1-9(2-4-10)13(22)20-8-23-5-11(20)12(21)19-7-14(16,17)6-18/h1-4,11H,5-8,18H2,(H,19,21). The van der Waals surface area contributed by atoms with Crippen LogP contribution in [0.15, 0.2) is 24.3 Å². The van der Waals surface area contributed by atoms with Crippen molar-refractivity contribution in [3.05, 3.63) is 34.9 Å². The Morgan fingerprint density at radius 2 is 2.04 bits per heavy atom. The second-order valence-corrected chi connectivity index (χ2v) is 6.51. The van der Waals surface area contributed by atoms with Crippen LogP contribution in [0.2, 0.25) is 5.02 Å². The molecule has 1 aromatic rings. The normalized spacial score (nSPS) is 18.1. The maximum atomic E-state index is 13.1. The maximum Gasteiger partial charge on any atom is 0.277 e. The number of alkyl halides is 2. The Labute approximate surface area is 141 Å². The van der Waals surface area contributed by atoms with Crippen molar-refractivity contribution in [2.24, 2.45) is 5.73 Å². The minimum Gasteiger partial charge on any atom is -0.348 e. The largest absolute Gasteiger partial charge is 0.348 e. The summed E-state index contributed by atoms with van der Waals surface area (Å²) in [7, 11) is 0. The van der Waals surface area contributed by atoms with Gasteiger partial charge in [-0.15, -0.1) is 11.8 Å². The highest BCUT2D eigenvalue weighted by molar-refractivity contribution is 7.99. The number of amides is 2. The van der Waals surface area contributed by atoms with E-state index in [0.29, 0.717) is 22.2 Å². The molecule has 23 heavy (non-hydrogen) atoms. The van der Waals surface area contributed by atoms with Crippen molar-refractivity contribution in [3.63, 3.8) is 0 Å². The molecule has 0 aromatic heterocycles. The van der Waals surface area contributed by atoms with Crippen molar-refractivity contribution in [1.29, 1.82) is 0 Å². The van der Waals surface area contributed by atoms with Crippen molar-refractivity contribution in [1.82, 2.24) is 10.2 Å². The average Bonchev–Trinajstić information content (AvgIpc) is 3.02. The van der Waals surface area contributed by atoms with Gasteiger partial charge in [-0.05, 0) is 24.3 Å². The van der Waals surface area contributed by atoms with E-state index in [0.717, 1.165) is 0 Å². The Hall–Kier alpha value is -1.38. The fourth-order valence-corrected chi connectivity index (χ4v) is 3.30. The highest BCUT2D eigenvalue weighted by Gasteiger charge is 2.36. The Morgan fingerprint density at radius 1 is 1.39 bits per heavy atom. The zero-order valence-electron chi connectivity index (χ0n) is 12.1. The molecule has 1 fully saturated rings. The lowest BCUT2D eigenvalue weighted by atomic mass is 10.1. The van der Waals surface area contributed by atoms with E-state index in [2.05, 4.69) is 5.32 Å². The highest BCUT2D eigenvalue weighted by atomic mass is 35.5. The first-order valence-electron chi connectivity index (χ1n) is 6.84. The van der Waals surface area contributed by atoms with Crippen LogP contribution in [0.3, 0.4) is 0 Å². The van der Waals surface area contributed by atoms with Gasteiger partial charge in [0.15, 0.2) is 0 Å². The molecule has 0 aliphatic carbocycles. The van der Waals surface area contributed by atoms with Gasteiger partial charge in [0.05, 0.1) is 19.0 Å². The molecule has 1 aliphatic heterocycles. The van der Waals surface area contributed by atoms with E-state index in [1.54, 1.807) is 24.3 Å². The molecule has 1 atom stereocenters. The van der Waals surface area contributed by atoms with Crippen molar-refractivity contribution in [3.8, 4) is 0 Å². The van der Waals surface area contributed by atoms with Crippen LogP contribution in [0, 0.1) is 0 Å². The Balaban J connectivity index is 2.03. The van der Waals surface area contributed by atoms with Crippen molar-refractivity contribution < 1.29 is 18.4 Å². The Bertz CT molecular complexity index is 586. The van der Waals surface area contributed by atoms with Crippen LogP contribution in [-0.2, 0) is 4.79 Å². The van der Waals surface area contributed by atoms with Crippen molar-refractivity contribution in [2.45, 2.75) is 12.0 Å². The molecular weight excluding hydrogens is 348 g/mol. The van der Waals surface area contributed by atoms with E-state index in [1.807, 2.05) is 0 Å². The van der Waals surface area contributed by atoms with Crippen LogP contribution in [0.5, 0.6) is 0 Å². The van der Waals surface area contributed by atoms with Gasteiger partial charge in [-0.2, -0.15) is 0 Å². The Morgan fingerprint density at radius 3 is 2.65 bits per heavy atom. The number of benzene rings is 1. The van der Waals surface area contributed by atoms with Gasteiger partial charge in [0, 0.05) is 16.3 Å². The van der Waals surface area contributed by atoms with Gasteiger partial charge in [-0.1, -0.05) is 11.6 Å². The van der Waals surface area contributed by atoms with E-state index in [1.165, 1.54) is 16.7 Å². The Kier molecular flexibility index (Phi) is 5.83. The number of rotatable bonds is 5. The quantitative estimate of drug-likeness (QED) is 0.832. The van der Waals surface area contributed by atoms with Crippen LogP contribution < -0.4 is 11.1 Å².